The summed E-state index contributed by atoms with van der Waals surface area (Å²) in [6.45, 7) is 7.77. The van der Waals surface area contributed by atoms with Crippen LogP contribution in [0, 0.1) is 0 Å². The fourth-order valence-corrected chi connectivity index (χ4v) is 3.11. The first-order chi connectivity index (χ1) is 7.80. The minimum atomic E-state index is -3.10. The molecular weight excluding hydrogens is 238 g/mol. The maximum Gasteiger partial charge on any atom is 0.211 e. The molecule has 0 unspecified atom stereocenters. The lowest BCUT2D eigenvalue weighted by atomic mass is 10.0. The van der Waals surface area contributed by atoms with Crippen molar-refractivity contribution in [3.63, 3.8) is 0 Å². The Hall–Kier alpha value is -0.880. The van der Waals surface area contributed by atoms with Gasteiger partial charge < -0.3 is 4.90 Å². The summed E-state index contributed by atoms with van der Waals surface area (Å²) >= 11 is 0. The average Bonchev–Trinajstić information content (AvgIpc) is 2.24. The number of amidine groups is 1. The molecule has 0 radical (unpaired) electrons. The number of fused-ring (bicyclic) bond motifs is 1. The van der Waals surface area contributed by atoms with Gasteiger partial charge in [-0.25, -0.2) is 8.42 Å². The predicted octanol–water partition coefficient (Wildman–Crippen LogP) is 0.658. The predicted molar refractivity (Wildman–Crippen MR) is 68.4 cm³/mol. The Balaban J connectivity index is 2.33. The molecule has 1 atom stereocenters. The van der Waals surface area contributed by atoms with Crippen LogP contribution in [0.2, 0.25) is 0 Å². The quantitative estimate of drug-likeness (QED) is 0.693. The van der Waals surface area contributed by atoms with Gasteiger partial charge in [0, 0.05) is 18.8 Å². The first-order valence-electron chi connectivity index (χ1n) is 5.77. The molecule has 1 fully saturated rings. The van der Waals surface area contributed by atoms with Crippen molar-refractivity contribution in [3.8, 4) is 0 Å². The van der Waals surface area contributed by atoms with Crippen LogP contribution in [0.3, 0.4) is 0 Å². The highest BCUT2D eigenvalue weighted by Crippen LogP contribution is 2.26. The highest BCUT2D eigenvalue weighted by atomic mass is 32.2. The summed E-state index contributed by atoms with van der Waals surface area (Å²) < 4.78 is 24.7. The van der Waals surface area contributed by atoms with Crippen molar-refractivity contribution in [2.24, 2.45) is 4.99 Å². The molecule has 2 rings (SSSR count). The van der Waals surface area contributed by atoms with Gasteiger partial charge in [-0.1, -0.05) is 0 Å². The van der Waals surface area contributed by atoms with Gasteiger partial charge in [0.2, 0.25) is 10.0 Å². The number of rotatable bonds is 1. The summed E-state index contributed by atoms with van der Waals surface area (Å²) in [6.07, 6.45) is 1.27. The van der Waals surface area contributed by atoms with Crippen molar-refractivity contribution in [3.05, 3.63) is 11.3 Å². The van der Waals surface area contributed by atoms with Crippen LogP contribution in [0.25, 0.3) is 0 Å². The van der Waals surface area contributed by atoms with E-state index in [4.69, 9.17) is 0 Å². The molecule has 0 saturated carbocycles. The summed E-state index contributed by atoms with van der Waals surface area (Å²) in [6, 6.07) is 0.153. The molecule has 0 bridgehead atoms. The van der Waals surface area contributed by atoms with E-state index in [1.54, 1.807) is 0 Å². The zero-order valence-electron chi connectivity index (χ0n) is 10.8. The fraction of sp³-hybridized carbons (Fsp3) is 0.727. The van der Waals surface area contributed by atoms with Crippen LogP contribution in [0.1, 0.15) is 20.8 Å². The van der Waals surface area contributed by atoms with Gasteiger partial charge in [0.05, 0.1) is 18.8 Å². The number of sulfonamides is 1. The molecule has 0 aliphatic carbocycles. The van der Waals surface area contributed by atoms with Crippen LogP contribution in [0.4, 0.5) is 0 Å². The lowest BCUT2D eigenvalue weighted by Crippen LogP contribution is -2.50. The summed E-state index contributed by atoms with van der Waals surface area (Å²) in [5.74, 6) is 0.992. The molecule has 0 spiro atoms. The molecule has 2 aliphatic heterocycles. The minimum absolute atomic E-state index is 0.153. The normalized spacial score (nSPS) is 26.9. The zero-order valence-corrected chi connectivity index (χ0v) is 11.6. The molecule has 1 saturated heterocycles. The Bertz CT molecular complexity index is 493. The SMILES string of the molecule is CC1=N[C@@H](C)C(C)=C2CN(S(C)(=O)=O)CCN12. The largest absolute Gasteiger partial charge is 0.331 e. The van der Waals surface area contributed by atoms with E-state index in [1.165, 1.54) is 16.1 Å². The fourth-order valence-electron chi connectivity index (χ4n) is 2.34. The maximum atomic E-state index is 11.6. The smallest absolute Gasteiger partial charge is 0.211 e. The first-order valence-corrected chi connectivity index (χ1v) is 7.62. The highest BCUT2D eigenvalue weighted by molar-refractivity contribution is 7.88. The van der Waals surface area contributed by atoms with Gasteiger partial charge in [0.1, 0.15) is 5.84 Å². The molecule has 0 aromatic rings. The van der Waals surface area contributed by atoms with Crippen LogP contribution in [0.15, 0.2) is 16.3 Å². The van der Waals surface area contributed by atoms with E-state index in [1.807, 2.05) is 20.8 Å². The summed E-state index contributed by atoms with van der Waals surface area (Å²) in [4.78, 5) is 6.69. The minimum Gasteiger partial charge on any atom is -0.331 e. The number of hydrogen-bond acceptors (Lipinski definition) is 4. The molecule has 0 amide bonds. The molecule has 96 valence electrons. The lowest BCUT2D eigenvalue weighted by molar-refractivity contribution is 0.307. The van der Waals surface area contributed by atoms with Crippen LogP contribution in [-0.4, -0.2) is 55.4 Å². The number of piperazine rings is 1. The highest BCUT2D eigenvalue weighted by Gasteiger charge is 2.32. The van der Waals surface area contributed by atoms with E-state index in [0.29, 0.717) is 19.6 Å². The van der Waals surface area contributed by atoms with Crippen LogP contribution in [-0.2, 0) is 10.0 Å². The average molecular weight is 257 g/mol. The van der Waals surface area contributed by atoms with E-state index in [2.05, 4.69) is 9.89 Å². The van der Waals surface area contributed by atoms with E-state index in [9.17, 15) is 8.42 Å². The second-order valence-electron chi connectivity index (χ2n) is 4.73. The lowest BCUT2D eigenvalue weighted by Gasteiger charge is -2.41. The molecule has 2 aliphatic rings. The second-order valence-corrected chi connectivity index (χ2v) is 6.71. The molecule has 6 heteroatoms. The van der Waals surface area contributed by atoms with E-state index >= 15 is 0 Å². The van der Waals surface area contributed by atoms with Crippen LogP contribution in [0.5, 0.6) is 0 Å². The first kappa shape index (κ1) is 12.6. The van der Waals surface area contributed by atoms with E-state index in [-0.39, 0.29) is 6.04 Å². The Morgan fingerprint density at radius 2 is 1.94 bits per heavy atom. The molecule has 5 nitrogen and oxygen atoms in total. The van der Waals surface area contributed by atoms with E-state index < -0.39 is 10.0 Å². The van der Waals surface area contributed by atoms with Gasteiger partial charge in [0.15, 0.2) is 0 Å². The van der Waals surface area contributed by atoms with Gasteiger partial charge in [0.25, 0.3) is 0 Å². The Morgan fingerprint density at radius 1 is 1.29 bits per heavy atom. The monoisotopic (exact) mass is 257 g/mol. The molecule has 2 heterocycles. The molecular formula is C11H19N3O2S. The topological polar surface area (TPSA) is 53.0 Å². The van der Waals surface area contributed by atoms with Crippen molar-refractivity contribution in [2.75, 3.05) is 25.9 Å². The van der Waals surface area contributed by atoms with E-state index in [0.717, 1.165) is 11.5 Å². The number of nitrogens with zero attached hydrogens (tertiary/aromatic N) is 3. The molecule has 17 heavy (non-hydrogen) atoms. The third kappa shape index (κ3) is 2.24. The zero-order chi connectivity index (χ0) is 12.8. The van der Waals surface area contributed by atoms with Crippen molar-refractivity contribution < 1.29 is 8.42 Å². The third-order valence-corrected chi connectivity index (χ3v) is 4.80. The van der Waals surface area contributed by atoms with Gasteiger partial charge >= 0.3 is 0 Å². The van der Waals surface area contributed by atoms with Gasteiger partial charge in [-0.05, 0) is 26.3 Å². The van der Waals surface area contributed by atoms with Gasteiger partial charge in [-0.3, -0.25) is 4.99 Å². The molecule has 0 aromatic carbocycles. The number of aliphatic imine (C=N–C) groups is 1. The maximum absolute atomic E-state index is 11.6. The summed E-state index contributed by atoms with van der Waals surface area (Å²) in [5.41, 5.74) is 2.27. The van der Waals surface area contributed by atoms with Crippen molar-refractivity contribution in [1.29, 1.82) is 0 Å². The Kier molecular flexibility index (Phi) is 3.03. The molecule has 0 N–H and O–H groups in total. The van der Waals surface area contributed by atoms with Crippen molar-refractivity contribution in [2.45, 2.75) is 26.8 Å². The third-order valence-electron chi connectivity index (χ3n) is 3.55. The van der Waals surface area contributed by atoms with Crippen LogP contribution >= 0.6 is 0 Å². The van der Waals surface area contributed by atoms with Crippen molar-refractivity contribution >= 4 is 15.9 Å². The molecule has 0 aromatic heterocycles. The van der Waals surface area contributed by atoms with Crippen LogP contribution < -0.4 is 0 Å². The van der Waals surface area contributed by atoms with Gasteiger partial charge in [-0.2, -0.15) is 4.31 Å². The Morgan fingerprint density at radius 3 is 2.53 bits per heavy atom. The Labute approximate surface area is 103 Å². The standard InChI is InChI=1S/C11H19N3O2S/c1-8-9(2)12-10(3)14-6-5-13(7-11(8)14)17(4,15)16/h9H,5-7H2,1-4H3/t9-/m0/s1. The number of hydrogen-bond donors (Lipinski definition) is 0. The summed E-state index contributed by atoms with van der Waals surface area (Å²) in [5, 5.41) is 0. The second kappa shape index (κ2) is 4.10. The summed E-state index contributed by atoms with van der Waals surface area (Å²) in [7, 11) is -3.10. The van der Waals surface area contributed by atoms with Crippen molar-refractivity contribution in [1.82, 2.24) is 9.21 Å². The van der Waals surface area contributed by atoms with Gasteiger partial charge in [-0.15, -0.1) is 0 Å².